The van der Waals surface area contributed by atoms with Gasteiger partial charge in [-0.15, -0.1) is 0 Å². The predicted octanol–water partition coefficient (Wildman–Crippen LogP) is 1.44. The lowest BCUT2D eigenvalue weighted by Gasteiger charge is -2.49. The van der Waals surface area contributed by atoms with Gasteiger partial charge in [-0.05, 0) is 20.8 Å². The van der Waals surface area contributed by atoms with Gasteiger partial charge in [-0.2, -0.15) is 0 Å². The number of aliphatic hydroxyl groups is 2. The van der Waals surface area contributed by atoms with Crippen molar-refractivity contribution in [2.45, 2.75) is 57.0 Å². The molecule has 0 spiro atoms. The smallest absolute Gasteiger partial charge is 0.410 e. The molecule has 1 amide bonds. The molecule has 0 bridgehead atoms. The van der Waals surface area contributed by atoms with Crippen molar-refractivity contribution in [1.29, 1.82) is 0 Å². The summed E-state index contributed by atoms with van der Waals surface area (Å²) in [6, 6.07) is 8.83. The minimum absolute atomic E-state index is 0.0278. The van der Waals surface area contributed by atoms with Crippen molar-refractivity contribution >= 4 is 6.09 Å². The lowest BCUT2D eigenvalue weighted by atomic mass is 9.93. The van der Waals surface area contributed by atoms with Crippen LogP contribution in [0.4, 0.5) is 4.79 Å². The number of hydrogen-bond acceptors (Lipinski definition) is 6. The number of carbonyl (C=O) groups is 1. The zero-order chi connectivity index (χ0) is 18.2. The van der Waals surface area contributed by atoms with Crippen molar-refractivity contribution in [1.82, 2.24) is 4.90 Å². The fourth-order valence-corrected chi connectivity index (χ4v) is 3.11. The number of benzene rings is 1. The van der Waals surface area contributed by atoms with Crippen LogP contribution in [-0.4, -0.2) is 64.3 Å². The lowest BCUT2D eigenvalue weighted by Crippen LogP contribution is -2.67. The maximum absolute atomic E-state index is 12.5. The van der Waals surface area contributed by atoms with Gasteiger partial charge in [-0.25, -0.2) is 4.79 Å². The molecule has 5 atom stereocenters. The molecule has 1 unspecified atom stereocenters. The Hall–Kier alpha value is -1.67. The normalized spacial score (nSPS) is 32.8. The van der Waals surface area contributed by atoms with Crippen molar-refractivity contribution in [2.75, 3.05) is 13.2 Å². The number of amides is 1. The number of fused-ring (bicyclic) bond motifs is 1. The van der Waals surface area contributed by atoms with Crippen LogP contribution in [0.3, 0.4) is 0 Å². The van der Waals surface area contributed by atoms with Gasteiger partial charge < -0.3 is 24.4 Å². The van der Waals surface area contributed by atoms with Crippen molar-refractivity contribution in [2.24, 2.45) is 0 Å². The van der Waals surface area contributed by atoms with Gasteiger partial charge in [0.15, 0.2) is 6.29 Å². The molecule has 1 aromatic carbocycles. The van der Waals surface area contributed by atoms with Gasteiger partial charge in [0.1, 0.15) is 23.9 Å². The third kappa shape index (κ3) is 3.95. The van der Waals surface area contributed by atoms with Gasteiger partial charge in [-0.3, -0.25) is 4.90 Å². The second kappa shape index (κ2) is 6.92. The summed E-state index contributed by atoms with van der Waals surface area (Å²) in [6.07, 6.45) is -4.17. The van der Waals surface area contributed by atoms with Crippen LogP contribution in [0.2, 0.25) is 0 Å². The summed E-state index contributed by atoms with van der Waals surface area (Å²) in [5.41, 5.74) is 0.160. The van der Waals surface area contributed by atoms with Crippen LogP contribution in [-0.2, 0) is 14.2 Å². The number of carbonyl (C=O) groups excluding carboxylic acids is 1. The molecule has 2 heterocycles. The molecule has 1 aromatic rings. The Bertz CT molecular complexity index is 601. The summed E-state index contributed by atoms with van der Waals surface area (Å²) in [5, 5.41) is 20.5. The van der Waals surface area contributed by atoms with Crippen LogP contribution >= 0.6 is 0 Å². The largest absolute Gasteiger partial charge is 0.444 e. The summed E-state index contributed by atoms with van der Waals surface area (Å²) < 4.78 is 17.1. The molecule has 2 N–H and O–H groups in total. The first-order chi connectivity index (χ1) is 11.8. The fourth-order valence-electron chi connectivity index (χ4n) is 3.11. The van der Waals surface area contributed by atoms with Crippen LogP contribution in [0, 0.1) is 0 Å². The molecule has 2 saturated heterocycles. The van der Waals surface area contributed by atoms with Gasteiger partial charge in [0.05, 0.1) is 19.2 Å². The second-order valence-corrected chi connectivity index (χ2v) is 7.43. The fraction of sp³-hybridized carbons (Fsp3) is 0.611. The molecule has 138 valence electrons. The van der Waals surface area contributed by atoms with Crippen LogP contribution in [0.5, 0.6) is 0 Å². The lowest BCUT2D eigenvalue weighted by molar-refractivity contribution is -0.284. The third-order valence-electron chi connectivity index (χ3n) is 4.29. The quantitative estimate of drug-likeness (QED) is 0.796. The number of nitrogens with zero attached hydrogens (tertiary/aromatic N) is 1. The van der Waals surface area contributed by atoms with Crippen molar-refractivity contribution in [3.8, 4) is 0 Å². The molecule has 25 heavy (non-hydrogen) atoms. The Balaban J connectivity index is 1.77. The number of hydrogen-bond donors (Lipinski definition) is 2. The highest BCUT2D eigenvalue weighted by Gasteiger charge is 2.49. The molecular weight excluding hydrogens is 326 g/mol. The molecule has 2 fully saturated rings. The molecule has 0 aromatic heterocycles. The van der Waals surface area contributed by atoms with E-state index in [1.54, 1.807) is 20.8 Å². The Morgan fingerprint density at radius 1 is 1.24 bits per heavy atom. The Morgan fingerprint density at radius 2 is 1.92 bits per heavy atom. The maximum atomic E-state index is 12.5. The standard InChI is InChI=1S/C18H25NO6/c1-18(2,3)25-17(22)19-9-13(20)14(21)15-12(19)10-23-16(24-15)11-7-5-4-6-8-11/h4-8,12-16,20-21H,9-10H2,1-3H3/t12-,13+,14-,15-,16?/m1/s1. The molecule has 0 radical (unpaired) electrons. The summed E-state index contributed by atoms with van der Waals surface area (Å²) in [6.45, 7) is 5.48. The zero-order valence-corrected chi connectivity index (χ0v) is 14.7. The Morgan fingerprint density at radius 3 is 2.56 bits per heavy atom. The summed E-state index contributed by atoms with van der Waals surface area (Å²) in [5.74, 6) is 0. The number of rotatable bonds is 1. The Labute approximate surface area is 147 Å². The summed E-state index contributed by atoms with van der Waals surface area (Å²) in [7, 11) is 0. The highest BCUT2D eigenvalue weighted by molar-refractivity contribution is 5.69. The van der Waals surface area contributed by atoms with Gasteiger partial charge >= 0.3 is 6.09 Å². The van der Waals surface area contributed by atoms with E-state index in [9.17, 15) is 15.0 Å². The SMILES string of the molecule is CC(C)(C)OC(=O)N1C[C@H](O)[C@@H](O)[C@@H]2OC(c3ccccc3)OC[C@H]21. The average molecular weight is 351 g/mol. The minimum atomic E-state index is -1.11. The topological polar surface area (TPSA) is 88.5 Å². The monoisotopic (exact) mass is 351 g/mol. The van der Waals surface area contributed by atoms with E-state index in [0.29, 0.717) is 0 Å². The molecule has 2 aliphatic heterocycles. The molecule has 7 heteroatoms. The van der Waals surface area contributed by atoms with Crippen molar-refractivity contribution in [3.05, 3.63) is 35.9 Å². The first-order valence-electron chi connectivity index (χ1n) is 8.44. The Kier molecular flexibility index (Phi) is 5.02. The number of aliphatic hydroxyl groups excluding tert-OH is 2. The van der Waals surface area contributed by atoms with Crippen molar-refractivity contribution in [3.63, 3.8) is 0 Å². The number of likely N-dealkylation sites (tertiary alicyclic amines) is 1. The highest BCUT2D eigenvalue weighted by atomic mass is 16.7. The van der Waals surface area contributed by atoms with Crippen LogP contribution in [0.15, 0.2) is 30.3 Å². The van der Waals surface area contributed by atoms with E-state index in [2.05, 4.69) is 0 Å². The van der Waals surface area contributed by atoms with E-state index in [1.165, 1.54) is 4.90 Å². The first kappa shape index (κ1) is 18.1. The van der Waals surface area contributed by atoms with Gasteiger partial charge in [0.25, 0.3) is 0 Å². The van der Waals surface area contributed by atoms with Gasteiger partial charge in [0, 0.05) is 5.56 Å². The molecule has 3 rings (SSSR count). The van der Waals surface area contributed by atoms with E-state index in [0.717, 1.165) is 5.56 Å². The van der Waals surface area contributed by atoms with Crippen LogP contribution in [0.25, 0.3) is 0 Å². The van der Waals surface area contributed by atoms with Crippen LogP contribution < -0.4 is 0 Å². The van der Waals surface area contributed by atoms with Gasteiger partial charge in [0.2, 0.25) is 0 Å². The molecule has 0 saturated carbocycles. The van der Waals surface area contributed by atoms with E-state index in [4.69, 9.17) is 14.2 Å². The van der Waals surface area contributed by atoms with E-state index >= 15 is 0 Å². The molecule has 2 aliphatic rings. The molecular formula is C18H25NO6. The molecule has 7 nitrogen and oxygen atoms in total. The zero-order valence-electron chi connectivity index (χ0n) is 14.7. The number of ether oxygens (including phenoxy) is 3. The first-order valence-corrected chi connectivity index (χ1v) is 8.44. The predicted molar refractivity (Wildman–Crippen MR) is 88.7 cm³/mol. The van der Waals surface area contributed by atoms with Gasteiger partial charge in [-0.1, -0.05) is 30.3 Å². The van der Waals surface area contributed by atoms with E-state index < -0.39 is 42.3 Å². The number of β-amino-alcohol motifs (C(OH)–C–C–N with tert-alkyl or cyclic N) is 1. The molecule has 0 aliphatic carbocycles. The van der Waals surface area contributed by atoms with E-state index in [1.807, 2.05) is 30.3 Å². The number of piperidine rings is 1. The van der Waals surface area contributed by atoms with Crippen LogP contribution in [0.1, 0.15) is 32.6 Å². The summed E-state index contributed by atoms with van der Waals surface area (Å²) in [4.78, 5) is 13.9. The average Bonchev–Trinajstić information content (AvgIpc) is 2.57. The third-order valence-corrected chi connectivity index (χ3v) is 4.29. The second-order valence-electron chi connectivity index (χ2n) is 7.43. The highest BCUT2D eigenvalue weighted by Crippen LogP contribution is 2.34. The van der Waals surface area contributed by atoms with Crippen molar-refractivity contribution < 1.29 is 29.2 Å². The summed E-state index contributed by atoms with van der Waals surface area (Å²) >= 11 is 0. The van der Waals surface area contributed by atoms with E-state index in [-0.39, 0.29) is 13.2 Å². The minimum Gasteiger partial charge on any atom is -0.444 e. The maximum Gasteiger partial charge on any atom is 0.410 e.